The minimum Gasteiger partial charge on any atom is -0.496 e. The van der Waals surface area contributed by atoms with Crippen LogP contribution < -0.4 is 14.8 Å². The van der Waals surface area contributed by atoms with E-state index in [9.17, 15) is 4.79 Å². The van der Waals surface area contributed by atoms with Crippen molar-refractivity contribution >= 4 is 39.1 Å². The lowest BCUT2D eigenvalue weighted by atomic mass is 10.1. The quantitative estimate of drug-likeness (QED) is 0.791. The molecule has 0 fully saturated rings. The summed E-state index contributed by atoms with van der Waals surface area (Å²) in [5, 5.41) is 3.48. The van der Waals surface area contributed by atoms with Crippen LogP contribution in [-0.2, 0) is 4.79 Å². The monoisotopic (exact) mass is 397 g/mol. The number of nitrogens with one attached hydrogen (secondary N) is 1. The van der Waals surface area contributed by atoms with Gasteiger partial charge in [0.05, 0.1) is 11.6 Å². The summed E-state index contributed by atoms with van der Waals surface area (Å²) in [6.45, 7) is 3.72. The first-order valence-corrected chi connectivity index (χ1v) is 8.10. The summed E-state index contributed by atoms with van der Waals surface area (Å²) >= 11 is 9.49. The van der Waals surface area contributed by atoms with Crippen LogP contribution in [0.4, 0.5) is 5.69 Å². The second-order valence-electron chi connectivity index (χ2n) is 5.06. The number of rotatable bonds is 5. The molecule has 1 amide bonds. The van der Waals surface area contributed by atoms with Crippen LogP contribution in [0, 0.1) is 13.8 Å². The average Bonchev–Trinajstić information content (AvgIpc) is 2.50. The topological polar surface area (TPSA) is 47.6 Å². The summed E-state index contributed by atoms with van der Waals surface area (Å²) < 4.78 is 11.4. The fourth-order valence-electron chi connectivity index (χ4n) is 2.08. The summed E-state index contributed by atoms with van der Waals surface area (Å²) in [7, 11) is 1.59. The first kappa shape index (κ1) is 17.6. The van der Waals surface area contributed by atoms with Gasteiger partial charge in [-0.3, -0.25) is 4.79 Å². The standard InChI is InChI=1S/C17H17BrClNO3/c1-10-6-13(7-11(2)17(10)19)23-9-16(21)20-12-4-5-15(22-3)14(18)8-12/h4-8H,9H2,1-3H3,(H,20,21). The molecule has 0 saturated carbocycles. The van der Waals surface area contributed by atoms with E-state index in [4.69, 9.17) is 21.1 Å². The van der Waals surface area contributed by atoms with Gasteiger partial charge in [0.15, 0.2) is 6.61 Å². The smallest absolute Gasteiger partial charge is 0.262 e. The predicted molar refractivity (Wildman–Crippen MR) is 95.7 cm³/mol. The van der Waals surface area contributed by atoms with Gasteiger partial charge in [0.1, 0.15) is 11.5 Å². The van der Waals surface area contributed by atoms with Crippen molar-refractivity contribution in [2.24, 2.45) is 0 Å². The number of hydrogen-bond donors (Lipinski definition) is 1. The molecule has 2 aromatic carbocycles. The van der Waals surface area contributed by atoms with Crippen LogP contribution in [0.15, 0.2) is 34.8 Å². The van der Waals surface area contributed by atoms with Gasteiger partial charge in [-0.25, -0.2) is 0 Å². The Bertz CT molecular complexity index is 711. The van der Waals surface area contributed by atoms with Crippen LogP contribution in [0.1, 0.15) is 11.1 Å². The van der Waals surface area contributed by atoms with Gasteiger partial charge in [0.2, 0.25) is 0 Å². The largest absolute Gasteiger partial charge is 0.496 e. The zero-order chi connectivity index (χ0) is 17.0. The number of hydrogen-bond acceptors (Lipinski definition) is 3. The molecule has 23 heavy (non-hydrogen) atoms. The molecule has 0 aliphatic heterocycles. The highest BCUT2D eigenvalue weighted by Crippen LogP contribution is 2.28. The van der Waals surface area contributed by atoms with Crippen LogP contribution in [0.5, 0.6) is 11.5 Å². The number of benzene rings is 2. The van der Waals surface area contributed by atoms with E-state index in [0.717, 1.165) is 15.6 Å². The Kier molecular flexibility index (Phi) is 5.91. The molecule has 4 nitrogen and oxygen atoms in total. The van der Waals surface area contributed by atoms with Gasteiger partial charge in [0.25, 0.3) is 5.91 Å². The lowest BCUT2D eigenvalue weighted by molar-refractivity contribution is -0.118. The Morgan fingerprint density at radius 1 is 1.22 bits per heavy atom. The van der Waals surface area contributed by atoms with E-state index in [2.05, 4.69) is 21.2 Å². The number of anilines is 1. The molecule has 6 heteroatoms. The number of ether oxygens (including phenoxy) is 2. The predicted octanol–water partition coefficient (Wildman–Crippen LogP) is 4.75. The van der Waals surface area contributed by atoms with Crippen molar-refractivity contribution in [1.29, 1.82) is 0 Å². The third kappa shape index (κ3) is 4.62. The van der Waals surface area contributed by atoms with Crippen molar-refractivity contribution < 1.29 is 14.3 Å². The van der Waals surface area contributed by atoms with Crippen molar-refractivity contribution in [3.63, 3.8) is 0 Å². The Morgan fingerprint density at radius 2 is 1.87 bits per heavy atom. The van der Waals surface area contributed by atoms with E-state index in [1.165, 1.54) is 0 Å². The number of aryl methyl sites for hydroxylation is 2. The molecule has 0 atom stereocenters. The SMILES string of the molecule is COc1ccc(NC(=O)COc2cc(C)c(Cl)c(C)c2)cc1Br. The number of methoxy groups -OCH3 is 1. The third-order valence-electron chi connectivity index (χ3n) is 3.22. The lowest BCUT2D eigenvalue weighted by Crippen LogP contribution is -2.20. The highest BCUT2D eigenvalue weighted by Gasteiger charge is 2.08. The number of carbonyl (C=O) groups is 1. The van der Waals surface area contributed by atoms with Crippen molar-refractivity contribution in [2.45, 2.75) is 13.8 Å². The Hall–Kier alpha value is -1.72. The number of amides is 1. The second kappa shape index (κ2) is 7.70. The molecule has 0 saturated heterocycles. The molecule has 0 spiro atoms. The van der Waals surface area contributed by atoms with Crippen LogP contribution in [-0.4, -0.2) is 19.6 Å². The molecule has 0 heterocycles. The maximum Gasteiger partial charge on any atom is 0.262 e. The molecule has 0 aromatic heterocycles. The van der Waals surface area contributed by atoms with Crippen LogP contribution in [0.2, 0.25) is 5.02 Å². The average molecular weight is 399 g/mol. The molecular formula is C17H17BrClNO3. The van der Waals surface area contributed by atoms with Gasteiger partial charge in [-0.15, -0.1) is 0 Å². The van der Waals surface area contributed by atoms with Crippen molar-refractivity contribution in [3.8, 4) is 11.5 Å². The highest BCUT2D eigenvalue weighted by molar-refractivity contribution is 9.10. The fraction of sp³-hybridized carbons (Fsp3) is 0.235. The van der Waals surface area contributed by atoms with E-state index in [0.29, 0.717) is 22.2 Å². The highest BCUT2D eigenvalue weighted by atomic mass is 79.9. The first-order valence-electron chi connectivity index (χ1n) is 6.93. The normalized spacial score (nSPS) is 10.3. The Labute approximate surface area is 148 Å². The lowest BCUT2D eigenvalue weighted by Gasteiger charge is -2.11. The zero-order valence-corrected chi connectivity index (χ0v) is 15.4. The maximum atomic E-state index is 12.0. The Morgan fingerprint density at radius 3 is 2.43 bits per heavy atom. The maximum absolute atomic E-state index is 12.0. The van der Waals surface area contributed by atoms with Crippen LogP contribution in [0.25, 0.3) is 0 Å². The molecular weight excluding hydrogens is 382 g/mol. The summed E-state index contributed by atoms with van der Waals surface area (Å²) in [5.74, 6) is 1.08. The van der Waals surface area contributed by atoms with Crippen molar-refractivity contribution in [2.75, 3.05) is 19.0 Å². The van der Waals surface area contributed by atoms with Gasteiger partial charge < -0.3 is 14.8 Å². The minimum absolute atomic E-state index is 0.0792. The molecule has 2 rings (SSSR count). The summed E-state index contributed by atoms with van der Waals surface area (Å²) in [6, 6.07) is 8.93. The molecule has 2 aromatic rings. The van der Waals surface area contributed by atoms with E-state index < -0.39 is 0 Å². The zero-order valence-electron chi connectivity index (χ0n) is 13.1. The molecule has 0 aliphatic rings. The number of carbonyl (C=O) groups excluding carboxylic acids is 1. The summed E-state index contributed by atoms with van der Waals surface area (Å²) in [5.41, 5.74) is 2.50. The van der Waals surface area contributed by atoms with Crippen molar-refractivity contribution in [1.82, 2.24) is 0 Å². The first-order chi connectivity index (χ1) is 10.9. The van der Waals surface area contributed by atoms with Gasteiger partial charge in [-0.2, -0.15) is 0 Å². The minimum atomic E-state index is -0.243. The Balaban J connectivity index is 1.96. The van der Waals surface area contributed by atoms with Gasteiger partial charge in [-0.1, -0.05) is 11.6 Å². The number of halogens is 2. The summed E-state index contributed by atoms with van der Waals surface area (Å²) in [6.07, 6.45) is 0. The van der Waals surface area contributed by atoms with Gasteiger partial charge >= 0.3 is 0 Å². The fourth-order valence-corrected chi connectivity index (χ4v) is 2.73. The van der Waals surface area contributed by atoms with Crippen LogP contribution >= 0.6 is 27.5 Å². The summed E-state index contributed by atoms with van der Waals surface area (Å²) in [4.78, 5) is 12.0. The molecule has 0 unspecified atom stereocenters. The van der Waals surface area contributed by atoms with E-state index >= 15 is 0 Å². The van der Waals surface area contributed by atoms with E-state index in [1.807, 2.05) is 26.0 Å². The van der Waals surface area contributed by atoms with Gasteiger partial charge in [0, 0.05) is 10.7 Å². The van der Waals surface area contributed by atoms with E-state index in [1.54, 1.807) is 25.3 Å². The second-order valence-corrected chi connectivity index (χ2v) is 6.29. The molecule has 0 aliphatic carbocycles. The molecule has 122 valence electrons. The van der Waals surface area contributed by atoms with Crippen LogP contribution in [0.3, 0.4) is 0 Å². The molecule has 1 N–H and O–H groups in total. The molecule has 0 radical (unpaired) electrons. The third-order valence-corrected chi connectivity index (χ3v) is 4.43. The van der Waals surface area contributed by atoms with Crippen molar-refractivity contribution in [3.05, 3.63) is 51.0 Å². The van der Waals surface area contributed by atoms with E-state index in [-0.39, 0.29) is 12.5 Å². The van der Waals surface area contributed by atoms with Gasteiger partial charge in [-0.05, 0) is 71.2 Å². The molecule has 0 bridgehead atoms.